The van der Waals surface area contributed by atoms with Gasteiger partial charge in [-0.1, -0.05) is 30.3 Å². The molecule has 134 valence electrons. The second-order valence-electron chi connectivity index (χ2n) is 5.69. The van der Waals surface area contributed by atoms with Gasteiger partial charge < -0.3 is 10.1 Å². The predicted octanol–water partition coefficient (Wildman–Crippen LogP) is 2.17. The molecule has 0 spiro atoms. The molecular weight excluding hydrogens is 340 g/mol. The Labute approximate surface area is 148 Å². The van der Waals surface area contributed by atoms with Crippen molar-refractivity contribution in [2.24, 2.45) is 0 Å². The Kier molecular flexibility index (Phi) is 6.03. The van der Waals surface area contributed by atoms with Crippen LogP contribution in [0, 0.1) is 0 Å². The van der Waals surface area contributed by atoms with E-state index in [1.54, 1.807) is 31.2 Å². The number of amides is 1. The summed E-state index contributed by atoms with van der Waals surface area (Å²) in [5.41, 5.74) is 1.53. The first kappa shape index (κ1) is 18.8. The number of hydrogen-bond acceptors (Lipinski definition) is 4. The maximum Gasteiger partial charge on any atom is 0.261 e. The van der Waals surface area contributed by atoms with Crippen molar-refractivity contribution in [1.82, 2.24) is 5.32 Å². The van der Waals surface area contributed by atoms with E-state index in [1.165, 1.54) is 11.4 Å². The minimum atomic E-state index is -3.31. The zero-order valence-electron chi connectivity index (χ0n) is 14.5. The molecule has 1 unspecified atom stereocenters. The van der Waals surface area contributed by atoms with Crippen LogP contribution in [0.2, 0.25) is 0 Å². The van der Waals surface area contributed by atoms with Gasteiger partial charge in [0.25, 0.3) is 5.91 Å². The molecule has 7 heteroatoms. The fourth-order valence-corrected chi connectivity index (χ4v) is 2.62. The van der Waals surface area contributed by atoms with Crippen molar-refractivity contribution < 1.29 is 17.9 Å². The number of hydrogen-bond donors (Lipinski definition) is 1. The van der Waals surface area contributed by atoms with Crippen LogP contribution < -0.4 is 14.4 Å². The first-order valence-electron chi connectivity index (χ1n) is 7.79. The van der Waals surface area contributed by atoms with E-state index in [9.17, 15) is 13.2 Å². The van der Waals surface area contributed by atoms with Crippen LogP contribution in [-0.2, 0) is 21.4 Å². The van der Waals surface area contributed by atoms with Crippen LogP contribution in [0.15, 0.2) is 54.6 Å². The third kappa shape index (κ3) is 5.49. The molecule has 1 atom stereocenters. The maximum absolute atomic E-state index is 12.1. The van der Waals surface area contributed by atoms with Gasteiger partial charge in [0.15, 0.2) is 6.10 Å². The standard InChI is InChI=1S/C18H22N2O4S/c1-14(18(21)19-13-15-7-5-4-6-8-15)24-17-11-9-16(10-12-17)20(2)25(3,22)23/h4-12,14H,13H2,1-3H3,(H,19,21). The molecule has 0 heterocycles. The van der Waals surface area contributed by atoms with Gasteiger partial charge in [0, 0.05) is 13.6 Å². The number of nitrogens with one attached hydrogen (secondary N) is 1. The zero-order valence-corrected chi connectivity index (χ0v) is 15.3. The third-order valence-corrected chi connectivity index (χ3v) is 4.90. The number of benzene rings is 2. The number of nitrogens with zero attached hydrogens (tertiary/aromatic N) is 1. The van der Waals surface area contributed by atoms with E-state index < -0.39 is 16.1 Å². The van der Waals surface area contributed by atoms with Crippen LogP contribution in [0.4, 0.5) is 5.69 Å². The van der Waals surface area contributed by atoms with E-state index >= 15 is 0 Å². The monoisotopic (exact) mass is 362 g/mol. The van der Waals surface area contributed by atoms with E-state index in [1.807, 2.05) is 30.3 Å². The summed E-state index contributed by atoms with van der Waals surface area (Å²) in [6, 6.07) is 16.1. The van der Waals surface area contributed by atoms with Gasteiger partial charge in [-0.25, -0.2) is 8.42 Å². The molecule has 0 aromatic heterocycles. The highest BCUT2D eigenvalue weighted by molar-refractivity contribution is 7.92. The summed E-state index contributed by atoms with van der Waals surface area (Å²) in [5.74, 6) is 0.272. The summed E-state index contributed by atoms with van der Waals surface area (Å²) < 4.78 is 29.8. The number of carbonyl (C=O) groups excluding carboxylic acids is 1. The average molecular weight is 362 g/mol. The highest BCUT2D eigenvalue weighted by Crippen LogP contribution is 2.21. The Balaban J connectivity index is 1.91. The van der Waals surface area contributed by atoms with Crippen molar-refractivity contribution in [3.05, 3.63) is 60.2 Å². The Morgan fingerprint density at radius 3 is 2.28 bits per heavy atom. The zero-order chi connectivity index (χ0) is 18.4. The molecule has 0 radical (unpaired) electrons. The second-order valence-corrected chi connectivity index (χ2v) is 7.70. The van der Waals surface area contributed by atoms with Crippen molar-refractivity contribution in [2.75, 3.05) is 17.6 Å². The highest BCUT2D eigenvalue weighted by Gasteiger charge is 2.15. The van der Waals surface area contributed by atoms with Gasteiger partial charge in [0.05, 0.1) is 11.9 Å². The Bertz CT molecular complexity index is 805. The second kappa shape index (κ2) is 8.02. The SMILES string of the molecule is CC(Oc1ccc(N(C)S(C)(=O)=O)cc1)C(=O)NCc1ccccc1. The van der Waals surface area contributed by atoms with Crippen molar-refractivity contribution in [3.8, 4) is 5.75 Å². The molecule has 6 nitrogen and oxygen atoms in total. The number of rotatable bonds is 7. The maximum atomic E-state index is 12.1. The molecular formula is C18H22N2O4S. The summed E-state index contributed by atoms with van der Waals surface area (Å²) in [6.45, 7) is 2.10. The lowest BCUT2D eigenvalue weighted by atomic mass is 10.2. The molecule has 2 aromatic carbocycles. The molecule has 0 saturated carbocycles. The normalized spacial score (nSPS) is 12.3. The summed E-state index contributed by atoms with van der Waals surface area (Å²) in [4.78, 5) is 12.1. The van der Waals surface area contributed by atoms with E-state index in [0.717, 1.165) is 11.8 Å². The first-order valence-corrected chi connectivity index (χ1v) is 9.64. The number of ether oxygens (including phenoxy) is 1. The molecule has 25 heavy (non-hydrogen) atoms. The largest absolute Gasteiger partial charge is 0.481 e. The Hall–Kier alpha value is -2.54. The van der Waals surface area contributed by atoms with E-state index in [4.69, 9.17) is 4.74 Å². The van der Waals surface area contributed by atoms with Gasteiger partial charge in [0.1, 0.15) is 5.75 Å². The van der Waals surface area contributed by atoms with Gasteiger partial charge in [-0.2, -0.15) is 0 Å². The van der Waals surface area contributed by atoms with Crippen molar-refractivity contribution in [1.29, 1.82) is 0 Å². The van der Waals surface area contributed by atoms with E-state index in [-0.39, 0.29) is 5.91 Å². The van der Waals surface area contributed by atoms with E-state index in [0.29, 0.717) is 18.0 Å². The summed E-state index contributed by atoms with van der Waals surface area (Å²) >= 11 is 0. The number of carbonyl (C=O) groups is 1. The quantitative estimate of drug-likeness (QED) is 0.819. The Morgan fingerprint density at radius 2 is 1.72 bits per heavy atom. The lowest BCUT2D eigenvalue weighted by Crippen LogP contribution is -2.35. The van der Waals surface area contributed by atoms with Crippen LogP contribution >= 0.6 is 0 Å². The smallest absolute Gasteiger partial charge is 0.261 e. The van der Waals surface area contributed by atoms with Crippen LogP contribution in [0.25, 0.3) is 0 Å². The molecule has 1 N–H and O–H groups in total. The van der Waals surface area contributed by atoms with Gasteiger partial charge >= 0.3 is 0 Å². The summed E-state index contributed by atoms with van der Waals surface area (Å²) in [6.07, 6.45) is 0.471. The van der Waals surface area contributed by atoms with Crippen molar-refractivity contribution in [3.63, 3.8) is 0 Å². The summed E-state index contributed by atoms with van der Waals surface area (Å²) in [7, 11) is -1.83. The third-order valence-electron chi connectivity index (χ3n) is 3.69. The van der Waals surface area contributed by atoms with Crippen molar-refractivity contribution in [2.45, 2.75) is 19.6 Å². The fraction of sp³-hybridized carbons (Fsp3) is 0.278. The molecule has 0 aliphatic heterocycles. The Morgan fingerprint density at radius 1 is 1.12 bits per heavy atom. The molecule has 0 bridgehead atoms. The lowest BCUT2D eigenvalue weighted by molar-refractivity contribution is -0.127. The number of anilines is 1. The van der Waals surface area contributed by atoms with Gasteiger partial charge in [-0.05, 0) is 36.8 Å². The van der Waals surface area contributed by atoms with Gasteiger partial charge in [0.2, 0.25) is 10.0 Å². The predicted molar refractivity (Wildman–Crippen MR) is 98.1 cm³/mol. The van der Waals surface area contributed by atoms with Gasteiger partial charge in [-0.15, -0.1) is 0 Å². The first-order chi connectivity index (χ1) is 11.8. The highest BCUT2D eigenvalue weighted by atomic mass is 32.2. The molecule has 2 aromatic rings. The van der Waals surface area contributed by atoms with E-state index in [2.05, 4.69) is 5.32 Å². The molecule has 0 fully saturated rings. The van der Waals surface area contributed by atoms with Gasteiger partial charge in [-0.3, -0.25) is 9.10 Å². The van der Waals surface area contributed by atoms with Crippen LogP contribution in [0.1, 0.15) is 12.5 Å². The van der Waals surface area contributed by atoms with Crippen molar-refractivity contribution >= 4 is 21.6 Å². The minimum Gasteiger partial charge on any atom is -0.481 e. The number of sulfonamides is 1. The molecule has 0 aliphatic carbocycles. The molecule has 0 saturated heterocycles. The topological polar surface area (TPSA) is 75.7 Å². The lowest BCUT2D eigenvalue weighted by Gasteiger charge is -2.18. The minimum absolute atomic E-state index is 0.221. The average Bonchev–Trinajstić information content (AvgIpc) is 2.59. The molecule has 1 amide bonds. The summed E-state index contributed by atoms with van der Waals surface area (Å²) in [5, 5.41) is 2.82. The van der Waals surface area contributed by atoms with Crippen LogP contribution in [0.5, 0.6) is 5.75 Å². The van der Waals surface area contributed by atoms with Crippen LogP contribution in [0.3, 0.4) is 0 Å². The molecule has 0 aliphatic rings. The van der Waals surface area contributed by atoms with Crippen LogP contribution in [-0.4, -0.2) is 33.7 Å². The molecule has 2 rings (SSSR count). The fourth-order valence-electron chi connectivity index (χ4n) is 2.11.